The number of benzene rings is 3. The third kappa shape index (κ3) is 5.68. The Kier molecular flexibility index (Phi) is 7.53. The van der Waals surface area contributed by atoms with Gasteiger partial charge in [-0.05, 0) is 73.9 Å². The minimum Gasteiger partial charge on any atom is -0.497 e. The summed E-state index contributed by atoms with van der Waals surface area (Å²) in [6, 6.07) is 21.1. The van der Waals surface area contributed by atoms with E-state index in [0.29, 0.717) is 23.5 Å². The normalized spacial score (nSPS) is 11.1. The molecule has 0 bridgehead atoms. The van der Waals surface area contributed by atoms with Crippen molar-refractivity contribution in [2.24, 2.45) is 0 Å². The lowest BCUT2D eigenvalue weighted by atomic mass is 10.1. The Hall–Kier alpha value is -3.32. The van der Waals surface area contributed by atoms with Crippen LogP contribution in [-0.2, 0) is 16.4 Å². The van der Waals surface area contributed by atoms with E-state index in [1.807, 2.05) is 6.07 Å². The van der Waals surface area contributed by atoms with Crippen LogP contribution in [0.2, 0.25) is 0 Å². The summed E-state index contributed by atoms with van der Waals surface area (Å²) in [5, 5.41) is 2.92. The van der Waals surface area contributed by atoms with Gasteiger partial charge in [0.1, 0.15) is 5.75 Å². The van der Waals surface area contributed by atoms with Gasteiger partial charge in [0, 0.05) is 19.2 Å². The van der Waals surface area contributed by atoms with Gasteiger partial charge in [-0.25, -0.2) is 8.42 Å². The van der Waals surface area contributed by atoms with E-state index in [-0.39, 0.29) is 10.8 Å². The Balaban J connectivity index is 1.57. The maximum atomic E-state index is 12.9. The summed E-state index contributed by atoms with van der Waals surface area (Å²) >= 11 is 0. The molecule has 0 aliphatic heterocycles. The molecular formula is C25H28N2O4S. The highest BCUT2D eigenvalue weighted by Gasteiger charge is 2.21. The lowest BCUT2D eigenvalue weighted by molar-refractivity contribution is 0.0953. The van der Waals surface area contributed by atoms with Crippen molar-refractivity contribution in [2.75, 3.05) is 25.0 Å². The number of rotatable bonds is 9. The summed E-state index contributed by atoms with van der Waals surface area (Å²) in [4.78, 5) is 12.6. The molecular weight excluding hydrogens is 424 g/mol. The quantitative estimate of drug-likeness (QED) is 0.494. The molecule has 0 spiro atoms. The van der Waals surface area contributed by atoms with Crippen LogP contribution >= 0.6 is 0 Å². The highest BCUT2D eigenvalue weighted by molar-refractivity contribution is 7.92. The molecule has 0 saturated heterocycles. The lowest BCUT2D eigenvalue weighted by Crippen LogP contribution is -2.27. The fraction of sp³-hybridized carbons (Fsp3) is 0.240. The third-order valence-corrected chi connectivity index (χ3v) is 7.02. The molecule has 0 atom stereocenters. The van der Waals surface area contributed by atoms with Crippen molar-refractivity contribution in [2.45, 2.75) is 24.7 Å². The van der Waals surface area contributed by atoms with Crippen LogP contribution in [0.4, 0.5) is 5.69 Å². The van der Waals surface area contributed by atoms with Gasteiger partial charge in [-0.2, -0.15) is 0 Å². The van der Waals surface area contributed by atoms with Crippen molar-refractivity contribution < 1.29 is 17.9 Å². The molecule has 0 fully saturated rings. The second-order valence-corrected chi connectivity index (χ2v) is 9.51. The molecule has 32 heavy (non-hydrogen) atoms. The Labute approximate surface area is 189 Å². The second-order valence-electron chi connectivity index (χ2n) is 7.54. The van der Waals surface area contributed by atoms with Gasteiger partial charge in [-0.3, -0.25) is 9.10 Å². The molecule has 0 aromatic heterocycles. The summed E-state index contributed by atoms with van der Waals surface area (Å²) in [6.07, 6.45) is 1.74. The molecule has 0 aliphatic carbocycles. The van der Waals surface area contributed by atoms with Crippen molar-refractivity contribution in [3.05, 3.63) is 89.5 Å². The number of amides is 1. The van der Waals surface area contributed by atoms with Gasteiger partial charge in [-0.15, -0.1) is 0 Å². The highest BCUT2D eigenvalue weighted by atomic mass is 32.2. The van der Waals surface area contributed by atoms with E-state index in [1.54, 1.807) is 36.4 Å². The zero-order chi connectivity index (χ0) is 23.1. The first-order valence-electron chi connectivity index (χ1n) is 10.4. The van der Waals surface area contributed by atoms with E-state index in [9.17, 15) is 13.2 Å². The number of hydrogen-bond acceptors (Lipinski definition) is 4. The molecule has 1 amide bonds. The average Bonchev–Trinajstić information content (AvgIpc) is 2.81. The van der Waals surface area contributed by atoms with Crippen LogP contribution in [0, 0.1) is 6.92 Å². The fourth-order valence-electron chi connectivity index (χ4n) is 3.33. The maximum absolute atomic E-state index is 12.9. The first kappa shape index (κ1) is 23.3. The van der Waals surface area contributed by atoms with Crippen molar-refractivity contribution in [1.82, 2.24) is 5.32 Å². The third-order valence-electron chi connectivity index (χ3n) is 5.22. The first-order valence-corrected chi connectivity index (χ1v) is 11.8. The number of anilines is 1. The van der Waals surface area contributed by atoms with Crippen LogP contribution < -0.4 is 14.4 Å². The fourth-order valence-corrected chi connectivity index (χ4v) is 4.53. The topological polar surface area (TPSA) is 75.7 Å². The number of carbonyl (C=O) groups is 1. The number of nitrogens with one attached hydrogen (secondary N) is 1. The number of carbonyl (C=O) groups excluding carboxylic acids is 1. The Morgan fingerprint density at radius 2 is 1.69 bits per heavy atom. The van der Waals surface area contributed by atoms with Crippen molar-refractivity contribution in [3.63, 3.8) is 0 Å². The number of aryl methyl sites for hydroxylation is 2. The van der Waals surface area contributed by atoms with E-state index in [1.165, 1.54) is 41.7 Å². The van der Waals surface area contributed by atoms with Crippen LogP contribution in [0.25, 0.3) is 0 Å². The van der Waals surface area contributed by atoms with Gasteiger partial charge < -0.3 is 10.1 Å². The second kappa shape index (κ2) is 10.3. The average molecular weight is 453 g/mol. The number of nitrogens with zero attached hydrogens (tertiary/aromatic N) is 1. The molecule has 1 N–H and O–H groups in total. The van der Waals surface area contributed by atoms with E-state index < -0.39 is 10.0 Å². The summed E-state index contributed by atoms with van der Waals surface area (Å²) in [5.74, 6) is 0.405. The summed E-state index contributed by atoms with van der Waals surface area (Å²) < 4.78 is 32.0. The van der Waals surface area contributed by atoms with Gasteiger partial charge in [0.2, 0.25) is 0 Å². The van der Waals surface area contributed by atoms with E-state index >= 15 is 0 Å². The minimum absolute atomic E-state index is 0.163. The van der Waals surface area contributed by atoms with Crippen molar-refractivity contribution >= 4 is 21.6 Å². The molecule has 0 aliphatic rings. The molecule has 3 aromatic rings. The number of methoxy groups -OCH3 is 1. The summed E-state index contributed by atoms with van der Waals surface area (Å²) in [6.45, 7) is 2.63. The Morgan fingerprint density at radius 1 is 1.00 bits per heavy atom. The SMILES string of the molecule is COc1ccc(S(=O)(=O)N(C)c2ccc(C(=O)NCCCc3cccc(C)c3)cc2)cc1. The zero-order valence-corrected chi connectivity index (χ0v) is 19.4. The summed E-state index contributed by atoms with van der Waals surface area (Å²) in [5.41, 5.74) is 3.44. The van der Waals surface area contributed by atoms with Gasteiger partial charge in [0.15, 0.2) is 0 Å². The number of hydrogen-bond donors (Lipinski definition) is 1. The Bertz CT molecular complexity index is 1160. The molecule has 3 rings (SSSR count). The van der Waals surface area contributed by atoms with Crippen LogP contribution in [0.15, 0.2) is 77.7 Å². The predicted molar refractivity (Wildman–Crippen MR) is 127 cm³/mol. The predicted octanol–water partition coefficient (Wildman–Crippen LogP) is 4.19. The van der Waals surface area contributed by atoms with Crippen molar-refractivity contribution in [3.8, 4) is 5.75 Å². The van der Waals surface area contributed by atoms with Gasteiger partial charge in [0.05, 0.1) is 17.7 Å². The number of ether oxygens (including phenoxy) is 1. The molecule has 7 heteroatoms. The standard InChI is InChI=1S/C25H28N2O4S/c1-19-6-4-7-20(18-19)8-5-17-26-25(28)21-9-11-22(12-10-21)27(2)32(29,30)24-15-13-23(31-3)14-16-24/h4,6-7,9-16,18H,5,8,17H2,1-3H3,(H,26,28). The van der Waals surface area contributed by atoms with Crippen LogP contribution in [-0.4, -0.2) is 35.0 Å². The summed E-state index contributed by atoms with van der Waals surface area (Å²) in [7, 11) is -0.709. The van der Waals surface area contributed by atoms with E-state index in [4.69, 9.17) is 4.74 Å². The molecule has 0 unspecified atom stereocenters. The van der Waals surface area contributed by atoms with E-state index in [2.05, 4.69) is 30.4 Å². The van der Waals surface area contributed by atoms with E-state index in [0.717, 1.165) is 12.8 Å². The molecule has 6 nitrogen and oxygen atoms in total. The molecule has 168 valence electrons. The van der Waals surface area contributed by atoms with Gasteiger partial charge >= 0.3 is 0 Å². The largest absolute Gasteiger partial charge is 0.497 e. The number of sulfonamides is 1. The highest BCUT2D eigenvalue weighted by Crippen LogP contribution is 2.24. The Morgan fingerprint density at radius 3 is 2.31 bits per heavy atom. The molecule has 0 saturated carbocycles. The maximum Gasteiger partial charge on any atom is 0.264 e. The smallest absolute Gasteiger partial charge is 0.264 e. The van der Waals surface area contributed by atoms with Crippen LogP contribution in [0.5, 0.6) is 5.75 Å². The monoisotopic (exact) mass is 452 g/mol. The molecule has 0 heterocycles. The van der Waals surface area contributed by atoms with Crippen LogP contribution in [0.1, 0.15) is 27.9 Å². The minimum atomic E-state index is -3.72. The zero-order valence-electron chi connectivity index (χ0n) is 18.5. The first-order chi connectivity index (χ1) is 15.3. The lowest BCUT2D eigenvalue weighted by Gasteiger charge is -2.20. The van der Waals surface area contributed by atoms with Crippen LogP contribution in [0.3, 0.4) is 0 Å². The van der Waals surface area contributed by atoms with Crippen molar-refractivity contribution in [1.29, 1.82) is 0 Å². The molecule has 3 aromatic carbocycles. The van der Waals surface area contributed by atoms with Gasteiger partial charge in [0.25, 0.3) is 15.9 Å². The van der Waals surface area contributed by atoms with Gasteiger partial charge in [-0.1, -0.05) is 29.8 Å². The molecule has 0 radical (unpaired) electrons.